The third-order valence-corrected chi connectivity index (χ3v) is 9.02. The number of primary amides is 1. The van der Waals surface area contributed by atoms with Gasteiger partial charge in [-0.15, -0.1) is 0 Å². The maximum absolute atomic E-state index is 14.1. The summed E-state index contributed by atoms with van der Waals surface area (Å²) < 4.78 is 0. The molecule has 2 aromatic rings. The van der Waals surface area contributed by atoms with E-state index in [9.17, 15) is 44.4 Å². The Morgan fingerprint density at radius 2 is 1.72 bits per heavy atom. The van der Waals surface area contributed by atoms with Crippen LogP contribution in [0, 0.1) is 11.8 Å². The van der Waals surface area contributed by atoms with Crippen molar-refractivity contribution < 1.29 is 44.4 Å². The van der Waals surface area contributed by atoms with E-state index in [0.717, 1.165) is 0 Å². The summed E-state index contributed by atoms with van der Waals surface area (Å²) in [4.78, 5) is 66.7. The van der Waals surface area contributed by atoms with Crippen LogP contribution >= 0.6 is 0 Å². The number of aliphatic hydroxyl groups excluding tert-OH is 2. The van der Waals surface area contributed by atoms with Crippen LogP contribution in [-0.4, -0.2) is 101 Å². The molecule has 1 saturated carbocycles. The molecule has 2 aliphatic carbocycles. The predicted molar refractivity (Wildman–Crippen MR) is 173 cm³/mol. The smallest absolute Gasteiger partial charge is 0.319 e. The number of rotatable bonds is 11. The molecular formula is C33H41N5O9. The highest BCUT2D eigenvalue weighted by Crippen LogP contribution is 2.51. The van der Waals surface area contributed by atoms with E-state index in [2.05, 4.69) is 10.6 Å². The summed E-state index contributed by atoms with van der Waals surface area (Å²) in [5.41, 5.74) is 4.30. The first-order chi connectivity index (χ1) is 22.0. The number of nitrogens with zero attached hydrogens (tertiary/aromatic N) is 2. The van der Waals surface area contributed by atoms with Crippen molar-refractivity contribution in [1.29, 1.82) is 0 Å². The first-order valence-electron chi connectivity index (χ1n) is 15.0. The monoisotopic (exact) mass is 651 g/mol. The van der Waals surface area contributed by atoms with Crippen LogP contribution < -0.4 is 21.3 Å². The number of fused-ring (bicyclic) bond motifs is 2. The molecule has 252 valence electrons. The number of aromatic hydroxyl groups is 1. The van der Waals surface area contributed by atoms with E-state index in [1.165, 1.54) is 6.92 Å². The van der Waals surface area contributed by atoms with Crippen molar-refractivity contribution in [3.8, 4) is 5.75 Å². The zero-order valence-electron chi connectivity index (χ0n) is 27.0. The number of nitrogens with one attached hydrogen (secondary N) is 2. The van der Waals surface area contributed by atoms with E-state index in [-0.39, 0.29) is 41.9 Å². The molecule has 14 nitrogen and oxygen atoms in total. The summed E-state index contributed by atoms with van der Waals surface area (Å²) in [5.74, 6) is -6.36. The predicted octanol–water partition coefficient (Wildman–Crippen LogP) is 1.11. The number of aliphatic hydroxyl groups is 3. The van der Waals surface area contributed by atoms with E-state index < -0.39 is 71.5 Å². The molecule has 2 aromatic carbocycles. The SMILES string of the molecule is CC(=O)c1ccc(NC(=O)NCc2cc(N(C)C)c3c(c2O)C(O)=C2C(=O)[C@](O)(C(=O)CC(N)=O)[C@H]([C@@H](CO)N(C)C)C[C@@H]2C3)cc1. The fraction of sp³-hybridized carbons (Fsp3) is 0.424. The van der Waals surface area contributed by atoms with E-state index in [4.69, 9.17) is 5.73 Å². The second-order valence-electron chi connectivity index (χ2n) is 12.5. The van der Waals surface area contributed by atoms with Crippen LogP contribution in [-0.2, 0) is 27.3 Å². The van der Waals surface area contributed by atoms with Gasteiger partial charge in [0.1, 0.15) is 11.5 Å². The number of Topliss-reactive ketones (excluding diaryl/α,β-unsaturated/α-hetero) is 3. The minimum absolute atomic E-state index is 0.0144. The lowest BCUT2D eigenvalue weighted by atomic mass is 9.59. The molecule has 14 heteroatoms. The van der Waals surface area contributed by atoms with Gasteiger partial charge in [-0.25, -0.2) is 4.79 Å². The van der Waals surface area contributed by atoms with Crippen molar-refractivity contribution in [3.05, 3.63) is 58.2 Å². The number of hydrogen-bond acceptors (Lipinski definition) is 11. The lowest BCUT2D eigenvalue weighted by Gasteiger charge is -2.47. The largest absolute Gasteiger partial charge is 0.507 e. The second kappa shape index (κ2) is 13.5. The number of carbonyl (C=O) groups is 5. The minimum atomic E-state index is -2.79. The van der Waals surface area contributed by atoms with E-state index in [0.29, 0.717) is 22.5 Å². The maximum Gasteiger partial charge on any atom is 0.319 e. The molecule has 0 radical (unpaired) electrons. The highest BCUT2D eigenvalue weighted by atomic mass is 16.3. The van der Waals surface area contributed by atoms with Gasteiger partial charge in [0.25, 0.3) is 0 Å². The molecule has 0 heterocycles. The van der Waals surface area contributed by atoms with Crippen LogP contribution in [0.3, 0.4) is 0 Å². The van der Waals surface area contributed by atoms with Crippen LogP contribution in [0.15, 0.2) is 35.9 Å². The lowest BCUT2D eigenvalue weighted by molar-refractivity contribution is -0.163. The fourth-order valence-electron chi connectivity index (χ4n) is 6.62. The summed E-state index contributed by atoms with van der Waals surface area (Å²) in [7, 11) is 6.74. The van der Waals surface area contributed by atoms with Crippen LogP contribution in [0.1, 0.15) is 46.8 Å². The lowest BCUT2D eigenvalue weighted by Crippen LogP contribution is -2.64. The molecule has 4 rings (SSSR count). The Morgan fingerprint density at radius 1 is 1.09 bits per heavy atom. The van der Waals surface area contributed by atoms with Crippen molar-refractivity contribution in [2.24, 2.45) is 17.6 Å². The number of nitrogens with two attached hydrogens (primary N) is 1. The molecule has 0 aliphatic heterocycles. The van der Waals surface area contributed by atoms with Crippen LogP contribution in [0.5, 0.6) is 5.75 Å². The van der Waals surface area contributed by atoms with Crippen molar-refractivity contribution >= 4 is 46.4 Å². The Hall–Kier alpha value is -4.79. The molecule has 0 unspecified atom stereocenters. The van der Waals surface area contributed by atoms with Crippen LogP contribution in [0.2, 0.25) is 0 Å². The quantitative estimate of drug-likeness (QED) is 0.135. The third-order valence-electron chi connectivity index (χ3n) is 9.02. The number of ketones is 3. The number of benzene rings is 2. The molecule has 47 heavy (non-hydrogen) atoms. The summed E-state index contributed by atoms with van der Waals surface area (Å²) in [5, 5.41) is 50.4. The number of likely N-dealkylation sites (N-methyl/N-ethyl adjacent to an activating group) is 1. The normalized spacial score (nSPS) is 21.1. The zero-order chi connectivity index (χ0) is 35.0. The molecule has 1 fully saturated rings. The third kappa shape index (κ3) is 6.57. The number of anilines is 2. The van der Waals surface area contributed by atoms with Gasteiger partial charge in [0, 0.05) is 60.7 Å². The van der Waals surface area contributed by atoms with Crippen molar-refractivity contribution in [3.63, 3.8) is 0 Å². The molecule has 0 saturated heterocycles. The van der Waals surface area contributed by atoms with Gasteiger partial charge in [-0.1, -0.05) is 0 Å². The van der Waals surface area contributed by atoms with E-state index >= 15 is 0 Å². The molecule has 0 bridgehead atoms. The van der Waals surface area contributed by atoms with Gasteiger partial charge in [0.05, 0.1) is 18.6 Å². The van der Waals surface area contributed by atoms with Crippen molar-refractivity contribution in [1.82, 2.24) is 10.2 Å². The van der Waals surface area contributed by atoms with Gasteiger partial charge in [0.2, 0.25) is 11.7 Å². The second-order valence-corrected chi connectivity index (χ2v) is 12.5. The first-order valence-corrected chi connectivity index (χ1v) is 15.0. The minimum Gasteiger partial charge on any atom is -0.507 e. The molecule has 2 aliphatic rings. The van der Waals surface area contributed by atoms with Crippen LogP contribution in [0.25, 0.3) is 5.76 Å². The topological polar surface area (TPSA) is 223 Å². The van der Waals surface area contributed by atoms with Gasteiger partial charge in [-0.05, 0) is 75.7 Å². The van der Waals surface area contributed by atoms with Gasteiger partial charge >= 0.3 is 6.03 Å². The number of phenolic OH excluding ortho intramolecular Hbond substituents is 1. The Balaban J connectivity index is 1.74. The number of amides is 3. The number of carbonyl (C=O) groups excluding carboxylic acids is 5. The summed E-state index contributed by atoms with van der Waals surface area (Å²) >= 11 is 0. The molecule has 4 atom stereocenters. The standard InChI is InChI=1S/C33H41N5O9/c1-16(40)17-6-8-20(9-7-17)36-32(46)35-14-19-12-23(37(2)3)21-10-18-11-22(24(15-39)38(4)5)33(47,25(41)13-26(34)42)31(45)27(18)30(44)28(21)29(19)43/h6-9,12,18,22,24,39,43-44,47H,10-11,13-15H2,1-5H3,(H2,34,42)(H2,35,36,46)/t18-,22-,24+,33+/m0/s1. The van der Waals surface area contributed by atoms with Gasteiger partial charge in [-0.2, -0.15) is 0 Å². The summed E-state index contributed by atoms with van der Waals surface area (Å²) in [6.45, 7) is 0.725. The number of phenols is 1. The zero-order valence-corrected chi connectivity index (χ0v) is 27.0. The Morgan fingerprint density at radius 3 is 2.26 bits per heavy atom. The Labute approximate surface area is 271 Å². The average molecular weight is 652 g/mol. The summed E-state index contributed by atoms with van der Waals surface area (Å²) in [6.07, 6.45) is -0.817. The molecule has 3 amide bonds. The summed E-state index contributed by atoms with van der Waals surface area (Å²) in [6, 6.07) is 6.46. The van der Waals surface area contributed by atoms with E-state index in [1.807, 2.05) is 0 Å². The van der Waals surface area contributed by atoms with Gasteiger partial charge < -0.3 is 46.6 Å². The highest BCUT2D eigenvalue weighted by Gasteiger charge is 2.60. The first kappa shape index (κ1) is 35.1. The molecule has 0 spiro atoms. The number of hydrogen-bond donors (Lipinski definition) is 7. The highest BCUT2D eigenvalue weighted by molar-refractivity contribution is 6.23. The van der Waals surface area contributed by atoms with Gasteiger partial charge in [0.15, 0.2) is 17.2 Å². The van der Waals surface area contributed by atoms with Crippen molar-refractivity contribution in [2.75, 3.05) is 45.0 Å². The molecule has 0 aromatic heterocycles. The number of urea groups is 1. The Bertz CT molecular complexity index is 1650. The fourth-order valence-corrected chi connectivity index (χ4v) is 6.62. The maximum atomic E-state index is 14.1. The average Bonchev–Trinajstić information content (AvgIpc) is 2.98. The van der Waals surface area contributed by atoms with Gasteiger partial charge in [-0.3, -0.25) is 19.2 Å². The molecule has 8 N–H and O–H groups in total. The van der Waals surface area contributed by atoms with Crippen molar-refractivity contribution in [2.45, 2.75) is 44.4 Å². The Kier molecular flexibility index (Phi) is 10.1. The molecular weight excluding hydrogens is 610 g/mol. The van der Waals surface area contributed by atoms with E-state index in [1.54, 1.807) is 68.3 Å². The van der Waals surface area contributed by atoms with Crippen LogP contribution in [0.4, 0.5) is 16.2 Å².